The Bertz CT molecular complexity index is 1230. The lowest BCUT2D eigenvalue weighted by atomic mass is 9.99. The van der Waals surface area contributed by atoms with Crippen molar-refractivity contribution in [1.82, 2.24) is 0 Å². The second-order valence-electron chi connectivity index (χ2n) is 15.2. The van der Waals surface area contributed by atoms with Gasteiger partial charge in [-0.3, -0.25) is 4.79 Å². The molecule has 0 aromatic heterocycles. The molecule has 4 N–H and O–H groups in total. The fourth-order valence-corrected chi connectivity index (χ4v) is 6.30. The van der Waals surface area contributed by atoms with Crippen LogP contribution < -0.4 is 0 Å². The molecule has 1 rings (SSSR count). The molecule has 10 heteroatoms. The molecule has 0 spiro atoms. The van der Waals surface area contributed by atoms with Gasteiger partial charge in [-0.05, 0) is 64.2 Å². The highest BCUT2D eigenvalue weighted by Gasteiger charge is 2.44. The molecule has 336 valence electrons. The molecule has 0 aromatic carbocycles. The van der Waals surface area contributed by atoms with E-state index in [1.807, 2.05) is 12.2 Å². The number of ether oxygens (including phenoxy) is 4. The van der Waals surface area contributed by atoms with Gasteiger partial charge in [0.25, 0.3) is 0 Å². The standard InChI is InChI=1S/C49H80O10/c1-3-5-7-9-11-13-15-17-19-20-21-22-24-26-28-30-32-34-36-38-45(52)58-42(41-57-49-48(55)47(54)46(53)43(39-50)59-49)40-56-44(51)37-35-33-31-29-27-25-23-18-16-14-12-10-8-6-4-2/h5,7,11,13,17,19,21-22,26,28,31,33,35,37,42-43,46-50,53-55H,3-4,6,8-10,12,14-16,18,20,23-25,27,29-30,32,34,36,38-41H2,1-2H3/b7-5+,13-11+,19-17+,22-21+,28-26+,33-31+,37-35+/t42-,43-,46+,47?,48?,49-/m1/s1. The van der Waals surface area contributed by atoms with Crippen molar-refractivity contribution in [2.45, 2.75) is 192 Å². The van der Waals surface area contributed by atoms with Crippen LogP contribution in [-0.2, 0) is 28.5 Å². The van der Waals surface area contributed by atoms with Gasteiger partial charge in [-0.15, -0.1) is 0 Å². The Morgan fingerprint density at radius 3 is 1.69 bits per heavy atom. The van der Waals surface area contributed by atoms with Crippen LogP contribution in [-0.4, -0.2) is 89.0 Å². The average Bonchev–Trinajstić information content (AvgIpc) is 3.23. The van der Waals surface area contributed by atoms with E-state index in [-0.39, 0.29) is 19.6 Å². The van der Waals surface area contributed by atoms with Gasteiger partial charge in [-0.1, -0.05) is 163 Å². The normalized spacial score (nSPS) is 20.8. The number of aliphatic hydroxyl groups is 4. The summed E-state index contributed by atoms with van der Waals surface area (Å²) in [7, 11) is 0. The molecular weight excluding hydrogens is 749 g/mol. The average molecular weight is 829 g/mol. The molecule has 0 radical (unpaired) electrons. The Kier molecular flexibility index (Phi) is 35.7. The van der Waals surface area contributed by atoms with Gasteiger partial charge in [0, 0.05) is 12.5 Å². The number of carbonyl (C=O) groups is 2. The second-order valence-corrected chi connectivity index (χ2v) is 15.2. The fraction of sp³-hybridized carbons (Fsp3) is 0.673. The van der Waals surface area contributed by atoms with Crippen LogP contribution in [0.3, 0.4) is 0 Å². The van der Waals surface area contributed by atoms with Crippen molar-refractivity contribution in [2.24, 2.45) is 0 Å². The molecule has 1 fully saturated rings. The van der Waals surface area contributed by atoms with E-state index in [2.05, 4.69) is 74.6 Å². The van der Waals surface area contributed by atoms with Crippen molar-refractivity contribution in [3.05, 3.63) is 85.1 Å². The molecule has 0 aromatic rings. The molecule has 1 saturated heterocycles. The number of esters is 2. The Labute approximate surface area is 356 Å². The molecule has 10 nitrogen and oxygen atoms in total. The van der Waals surface area contributed by atoms with Gasteiger partial charge in [0.1, 0.15) is 31.0 Å². The zero-order chi connectivity index (χ0) is 43.0. The number of hydrogen-bond acceptors (Lipinski definition) is 10. The van der Waals surface area contributed by atoms with Crippen molar-refractivity contribution in [3.63, 3.8) is 0 Å². The van der Waals surface area contributed by atoms with Gasteiger partial charge in [0.2, 0.25) is 0 Å². The maximum Gasteiger partial charge on any atom is 0.330 e. The molecule has 1 aliphatic rings. The summed E-state index contributed by atoms with van der Waals surface area (Å²) in [5.74, 6) is -1.10. The quantitative estimate of drug-likeness (QED) is 0.0158. The zero-order valence-electron chi connectivity index (χ0n) is 36.5. The highest BCUT2D eigenvalue weighted by molar-refractivity contribution is 5.82. The van der Waals surface area contributed by atoms with Crippen molar-refractivity contribution >= 4 is 11.9 Å². The van der Waals surface area contributed by atoms with Gasteiger partial charge in [-0.25, -0.2) is 4.79 Å². The van der Waals surface area contributed by atoms with Crippen molar-refractivity contribution < 1.29 is 49.0 Å². The van der Waals surface area contributed by atoms with Crippen LogP contribution in [0.1, 0.15) is 155 Å². The highest BCUT2D eigenvalue weighted by atomic mass is 16.7. The number of hydrogen-bond donors (Lipinski definition) is 4. The third-order valence-corrected chi connectivity index (χ3v) is 9.87. The van der Waals surface area contributed by atoms with Gasteiger partial charge in [0.05, 0.1) is 13.2 Å². The molecule has 2 unspecified atom stereocenters. The summed E-state index contributed by atoms with van der Waals surface area (Å²) in [5, 5.41) is 40.1. The first-order valence-corrected chi connectivity index (χ1v) is 22.7. The summed E-state index contributed by atoms with van der Waals surface area (Å²) in [6.45, 7) is 3.14. The Balaban J connectivity index is 2.41. The summed E-state index contributed by atoms with van der Waals surface area (Å²) in [4.78, 5) is 25.2. The van der Waals surface area contributed by atoms with Crippen molar-refractivity contribution in [1.29, 1.82) is 0 Å². The first-order chi connectivity index (χ1) is 28.8. The van der Waals surface area contributed by atoms with Gasteiger partial charge < -0.3 is 39.4 Å². The fourth-order valence-electron chi connectivity index (χ4n) is 6.30. The maximum absolute atomic E-state index is 12.8. The van der Waals surface area contributed by atoms with Crippen LogP contribution in [0.5, 0.6) is 0 Å². The second kappa shape index (κ2) is 39.0. The topological polar surface area (TPSA) is 152 Å². The number of allylic oxidation sites excluding steroid dienone is 13. The zero-order valence-corrected chi connectivity index (χ0v) is 36.5. The van der Waals surface area contributed by atoms with E-state index in [9.17, 15) is 30.0 Å². The van der Waals surface area contributed by atoms with E-state index in [0.717, 1.165) is 64.2 Å². The van der Waals surface area contributed by atoms with Crippen LogP contribution in [0.4, 0.5) is 0 Å². The minimum atomic E-state index is -1.62. The van der Waals surface area contributed by atoms with E-state index >= 15 is 0 Å². The summed E-state index contributed by atoms with van der Waals surface area (Å²) >= 11 is 0. The lowest BCUT2D eigenvalue weighted by Gasteiger charge is -2.39. The minimum Gasteiger partial charge on any atom is -0.458 e. The highest BCUT2D eigenvalue weighted by Crippen LogP contribution is 2.22. The Hall–Kier alpha value is -3.12. The van der Waals surface area contributed by atoms with Gasteiger partial charge in [-0.2, -0.15) is 0 Å². The van der Waals surface area contributed by atoms with E-state index in [4.69, 9.17) is 18.9 Å². The largest absolute Gasteiger partial charge is 0.458 e. The van der Waals surface area contributed by atoms with E-state index in [1.54, 1.807) is 6.08 Å². The number of carbonyl (C=O) groups excluding carboxylic acids is 2. The molecule has 0 bridgehead atoms. The molecule has 0 aliphatic carbocycles. The van der Waals surface area contributed by atoms with Gasteiger partial charge >= 0.3 is 11.9 Å². The lowest BCUT2D eigenvalue weighted by Crippen LogP contribution is -2.59. The van der Waals surface area contributed by atoms with Crippen LogP contribution >= 0.6 is 0 Å². The smallest absolute Gasteiger partial charge is 0.330 e. The molecule has 6 atom stereocenters. The molecule has 1 aliphatic heterocycles. The summed E-state index contributed by atoms with van der Waals surface area (Å²) in [5.41, 5.74) is 0. The van der Waals surface area contributed by atoms with E-state index < -0.39 is 55.4 Å². The minimum absolute atomic E-state index is 0.167. The first-order valence-electron chi connectivity index (χ1n) is 22.7. The van der Waals surface area contributed by atoms with Crippen LogP contribution in [0.2, 0.25) is 0 Å². The van der Waals surface area contributed by atoms with Crippen molar-refractivity contribution in [2.75, 3.05) is 19.8 Å². The summed E-state index contributed by atoms with van der Waals surface area (Å²) in [6, 6.07) is 0. The maximum atomic E-state index is 12.8. The van der Waals surface area contributed by atoms with E-state index in [1.165, 1.54) is 70.3 Å². The SMILES string of the molecule is CC/C=C/C/C=C/C/C=C/C/C=C/C/C=C/CCCCCC(=O)O[C@H](COC(=O)/C=C/C=C/CCCCCCCCCCCCC)CO[C@@H]1O[C@H](CO)[C@H](O)C(O)C1O. The first kappa shape index (κ1) is 53.9. The molecule has 59 heavy (non-hydrogen) atoms. The predicted molar refractivity (Wildman–Crippen MR) is 237 cm³/mol. The Morgan fingerprint density at radius 2 is 1.12 bits per heavy atom. The summed E-state index contributed by atoms with van der Waals surface area (Å²) < 4.78 is 21.9. The van der Waals surface area contributed by atoms with Crippen LogP contribution in [0, 0.1) is 0 Å². The predicted octanol–water partition coefficient (Wildman–Crippen LogP) is 9.77. The van der Waals surface area contributed by atoms with E-state index in [0.29, 0.717) is 6.42 Å². The molecule has 0 saturated carbocycles. The van der Waals surface area contributed by atoms with Crippen LogP contribution in [0.25, 0.3) is 0 Å². The number of unbranched alkanes of at least 4 members (excludes halogenated alkanes) is 14. The number of rotatable bonds is 36. The monoisotopic (exact) mass is 829 g/mol. The van der Waals surface area contributed by atoms with Gasteiger partial charge in [0.15, 0.2) is 12.4 Å². The number of aliphatic hydroxyl groups excluding tert-OH is 4. The van der Waals surface area contributed by atoms with Crippen molar-refractivity contribution in [3.8, 4) is 0 Å². The molecule has 0 amide bonds. The Morgan fingerprint density at radius 1 is 0.593 bits per heavy atom. The molecule has 1 heterocycles. The van der Waals surface area contributed by atoms with Crippen LogP contribution in [0.15, 0.2) is 85.1 Å². The lowest BCUT2D eigenvalue weighted by molar-refractivity contribution is -0.305. The summed E-state index contributed by atoms with van der Waals surface area (Å²) in [6.07, 6.45) is 43.6. The third kappa shape index (κ3) is 30.5. The molecular formula is C49H80O10. The third-order valence-electron chi connectivity index (χ3n) is 9.87.